The van der Waals surface area contributed by atoms with Gasteiger partial charge in [0, 0.05) is 37.5 Å². The molecule has 4 N–H and O–H groups in total. The fourth-order valence-corrected chi connectivity index (χ4v) is 5.93. The van der Waals surface area contributed by atoms with Gasteiger partial charge in [-0.15, -0.1) is 0 Å². The van der Waals surface area contributed by atoms with Crippen molar-refractivity contribution >= 4 is 11.9 Å². The molecule has 4 aromatic rings. The molecule has 252 valence electrons. The number of carbonyl (C=O) groups is 2. The molecule has 0 radical (unpaired) electrons. The summed E-state index contributed by atoms with van der Waals surface area (Å²) in [5.41, 5.74) is 6.37. The van der Waals surface area contributed by atoms with Crippen LogP contribution in [0, 0.1) is 0 Å². The van der Waals surface area contributed by atoms with Crippen molar-refractivity contribution in [1.29, 1.82) is 0 Å². The predicted molar refractivity (Wildman–Crippen MR) is 183 cm³/mol. The Morgan fingerprint density at radius 1 is 0.854 bits per heavy atom. The Bertz CT molecular complexity index is 1650. The van der Waals surface area contributed by atoms with E-state index in [9.17, 15) is 19.8 Å². The zero-order chi connectivity index (χ0) is 34.0. The van der Waals surface area contributed by atoms with Crippen molar-refractivity contribution in [2.24, 2.45) is 0 Å². The van der Waals surface area contributed by atoms with E-state index in [-0.39, 0.29) is 43.6 Å². The van der Waals surface area contributed by atoms with Gasteiger partial charge in [-0.3, -0.25) is 14.5 Å². The molecule has 9 nitrogen and oxygen atoms in total. The summed E-state index contributed by atoms with van der Waals surface area (Å²) in [5, 5.41) is 32.3. The number of nitrogens with zero attached hydrogens (tertiary/aromatic N) is 1. The summed E-state index contributed by atoms with van der Waals surface area (Å²) >= 11 is 0. The molecule has 1 heterocycles. The summed E-state index contributed by atoms with van der Waals surface area (Å²) in [7, 11) is 2.00. The maximum Gasteiger partial charge on any atom is 0.303 e. The second-order valence-corrected chi connectivity index (χ2v) is 12.4. The number of hydrogen-bond acceptors (Lipinski definition) is 7. The van der Waals surface area contributed by atoms with Crippen LogP contribution in [0.3, 0.4) is 0 Å². The number of rotatable bonds is 14. The lowest BCUT2D eigenvalue weighted by Gasteiger charge is -2.39. The van der Waals surface area contributed by atoms with Crippen molar-refractivity contribution in [3.05, 3.63) is 131 Å². The van der Waals surface area contributed by atoms with Gasteiger partial charge in [-0.1, -0.05) is 91.0 Å². The molecule has 4 aromatic carbocycles. The Kier molecular flexibility index (Phi) is 12.1. The van der Waals surface area contributed by atoms with Crippen molar-refractivity contribution in [3.63, 3.8) is 0 Å². The van der Waals surface area contributed by atoms with E-state index >= 15 is 0 Å². The van der Waals surface area contributed by atoms with Crippen LogP contribution in [0.15, 0.2) is 103 Å². The molecule has 1 aliphatic heterocycles. The molecule has 1 aliphatic rings. The number of carbonyl (C=O) groups excluding carboxylic acids is 1. The molecule has 1 saturated heterocycles. The first-order chi connectivity index (χ1) is 23.2. The highest BCUT2D eigenvalue weighted by molar-refractivity contribution is 5.80. The van der Waals surface area contributed by atoms with Gasteiger partial charge in [-0.25, -0.2) is 0 Å². The highest BCUT2D eigenvalue weighted by Crippen LogP contribution is 2.39. The summed E-state index contributed by atoms with van der Waals surface area (Å²) < 4.78 is 13.2. The molecule has 1 fully saturated rings. The van der Waals surface area contributed by atoms with Crippen LogP contribution in [-0.2, 0) is 32.2 Å². The van der Waals surface area contributed by atoms with Gasteiger partial charge < -0.3 is 30.1 Å². The number of aliphatic hydroxyl groups excluding tert-OH is 2. The predicted octanol–water partition coefficient (Wildman–Crippen LogP) is 5.93. The number of aliphatic carboxylic acids is 1. The number of aliphatic hydroxyl groups is 2. The summed E-state index contributed by atoms with van der Waals surface area (Å²) in [5.74, 6) is -1.31. The Labute approximate surface area is 281 Å². The maximum absolute atomic E-state index is 12.1. The van der Waals surface area contributed by atoms with Crippen LogP contribution in [0.4, 0.5) is 0 Å². The molecule has 0 spiro atoms. The lowest BCUT2D eigenvalue weighted by molar-refractivity contribution is -0.253. The molecule has 48 heavy (non-hydrogen) atoms. The van der Waals surface area contributed by atoms with Crippen molar-refractivity contribution in [2.75, 3.05) is 13.6 Å². The standard InChI is InChI=1S/C39H44N2O7/c1-26(38(46)30-9-4-3-5-10-30)41(2)24-34-22-35(29-16-14-27(25-42)15-17-29)48-39(47-34)33-13-7-12-32(21-33)31-11-6-8-28(20-31)23-40-36(43)18-19-37(44)45/h3-17,20-21,26,34-35,38-39,42,46H,18-19,22-25H2,1-2H3,(H,40,43)(H,44,45)/t26-,34-,35+,38-,39+/m1/s1. The monoisotopic (exact) mass is 652 g/mol. The number of amides is 1. The summed E-state index contributed by atoms with van der Waals surface area (Å²) in [6.07, 6.45) is -1.39. The van der Waals surface area contributed by atoms with Crippen LogP contribution in [0.1, 0.15) is 72.5 Å². The Balaban J connectivity index is 1.34. The van der Waals surface area contributed by atoms with Crippen LogP contribution in [-0.4, -0.2) is 57.8 Å². The van der Waals surface area contributed by atoms with Gasteiger partial charge in [0.2, 0.25) is 5.91 Å². The first-order valence-electron chi connectivity index (χ1n) is 16.3. The van der Waals surface area contributed by atoms with Crippen molar-refractivity contribution in [1.82, 2.24) is 10.2 Å². The number of nitrogens with one attached hydrogen (secondary N) is 1. The van der Waals surface area contributed by atoms with Gasteiger partial charge in [-0.05, 0) is 59.5 Å². The number of carboxylic acids is 1. The van der Waals surface area contributed by atoms with Crippen molar-refractivity contribution in [2.45, 2.75) is 70.0 Å². The molecule has 0 aliphatic carbocycles. The highest BCUT2D eigenvalue weighted by Gasteiger charge is 2.34. The summed E-state index contributed by atoms with van der Waals surface area (Å²) in [6.45, 7) is 2.86. The van der Waals surface area contributed by atoms with Crippen molar-refractivity contribution < 1.29 is 34.4 Å². The lowest BCUT2D eigenvalue weighted by Crippen LogP contribution is -2.43. The average Bonchev–Trinajstić information content (AvgIpc) is 3.12. The molecule has 9 heteroatoms. The molecule has 5 atom stereocenters. The van der Waals surface area contributed by atoms with E-state index in [0.29, 0.717) is 19.5 Å². The molecule has 5 rings (SSSR count). The Hall–Kier alpha value is -4.38. The van der Waals surface area contributed by atoms with Crippen LogP contribution < -0.4 is 5.32 Å². The zero-order valence-electron chi connectivity index (χ0n) is 27.4. The van der Waals surface area contributed by atoms with Crippen molar-refractivity contribution in [3.8, 4) is 11.1 Å². The van der Waals surface area contributed by atoms with Crippen LogP contribution in [0.5, 0.6) is 0 Å². The molecular weight excluding hydrogens is 608 g/mol. The van der Waals surface area contributed by atoms with Crippen LogP contribution in [0.2, 0.25) is 0 Å². The number of benzene rings is 4. The largest absolute Gasteiger partial charge is 0.481 e. The Morgan fingerprint density at radius 3 is 2.27 bits per heavy atom. The fourth-order valence-electron chi connectivity index (χ4n) is 5.93. The third-order valence-corrected chi connectivity index (χ3v) is 8.87. The van der Waals surface area contributed by atoms with E-state index in [4.69, 9.17) is 14.6 Å². The number of likely N-dealkylation sites (N-methyl/N-ethyl adjacent to an activating group) is 1. The topological polar surface area (TPSA) is 129 Å². The van der Waals surface area contributed by atoms with E-state index in [2.05, 4.69) is 16.3 Å². The molecule has 1 amide bonds. The lowest BCUT2D eigenvalue weighted by atomic mass is 9.97. The minimum absolute atomic E-state index is 0.0301. The minimum atomic E-state index is -1.00. The second kappa shape index (κ2) is 16.6. The SMILES string of the molecule is C[C@H]([C@@H](O)c1ccccc1)N(C)C[C@H]1C[C@@H](c2ccc(CO)cc2)O[C@@H](c2cccc(-c3cccc(CNC(=O)CCC(=O)O)c3)c2)O1. The molecule has 0 bridgehead atoms. The van der Waals surface area contributed by atoms with E-state index in [1.54, 1.807) is 0 Å². The quantitative estimate of drug-likeness (QED) is 0.132. The number of hydrogen-bond donors (Lipinski definition) is 4. The van der Waals surface area contributed by atoms with Gasteiger partial charge in [0.1, 0.15) is 0 Å². The van der Waals surface area contributed by atoms with Gasteiger partial charge in [0.25, 0.3) is 0 Å². The van der Waals surface area contributed by atoms with E-state index in [1.165, 1.54) is 0 Å². The molecule has 0 saturated carbocycles. The van der Waals surface area contributed by atoms with Gasteiger partial charge in [0.05, 0.1) is 31.3 Å². The highest BCUT2D eigenvalue weighted by atomic mass is 16.7. The summed E-state index contributed by atoms with van der Waals surface area (Å²) in [6, 6.07) is 33.2. The van der Waals surface area contributed by atoms with Gasteiger partial charge in [0.15, 0.2) is 6.29 Å². The second-order valence-electron chi connectivity index (χ2n) is 12.4. The van der Waals surface area contributed by atoms with Crippen LogP contribution in [0.25, 0.3) is 11.1 Å². The first-order valence-corrected chi connectivity index (χ1v) is 16.3. The van der Waals surface area contributed by atoms with E-state index in [0.717, 1.165) is 38.9 Å². The smallest absolute Gasteiger partial charge is 0.303 e. The first kappa shape index (κ1) is 34.9. The average molecular weight is 653 g/mol. The minimum Gasteiger partial charge on any atom is -0.481 e. The van der Waals surface area contributed by atoms with Crippen LogP contribution >= 0.6 is 0 Å². The third kappa shape index (κ3) is 9.37. The van der Waals surface area contributed by atoms with E-state index < -0.39 is 18.4 Å². The van der Waals surface area contributed by atoms with Gasteiger partial charge >= 0.3 is 5.97 Å². The fraction of sp³-hybridized carbons (Fsp3) is 0.333. The Morgan fingerprint density at radius 2 is 1.56 bits per heavy atom. The molecule has 0 aromatic heterocycles. The number of ether oxygens (including phenoxy) is 2. The normalized spacial score (nSPS) is 19.1. The maximum atomic E-state index is 12.1. The third-order valence-electron chi connectivity index (χ3n) is 8.87. The number of carboxylic acid groups (broad SMARTS) is 1. The van der Waals surface area contributed by atoms with Gasteiger partial charge in [-0.2, -0.15) is 0 Å². The summed E-state index contributed by atoms with van der Waals surface area (Å²) in [4.78, 5) is 25.0. The zero-order valence-corrected chi connectivity index (χ0v) is 27.4. The molecule has 0 unspecified atom stereocenters. The van der Waals surface area contributed by atoms with E-state index in [1.807, 2.05) is 111 Å². The molecular formula is C39H44N2O7.